The third-order valence-electron chi connectivity index (χ3n) is 3.55. The number of piperidine rings is 1. The maximum atomic E-state index is 12.2. The lowest BCUT2D eigenvalue weighted by Crippen LogP contribution is -2.45. The Morgan fingerprint density at radius 3 is 2.94 bits per heavy atom. The van der Waals surface area contributed by atoms with Crippen molar-refractivity contribution in [3.63, 3.8) is 0 Å². The van der Waals surface area contributed by atoms with E-state index in [0.717, 1.165) is 19.4 Å². The van der Waals surface area contributed by atoms with Gasteiger partial charge in [0.15, 0.2) is 0 Å². The third-order valence-corrected chi connectivity index (χ3v) is 3.55. The van der Waals surface area contributed by atoms with Crippen molar-refractivity contribution in [3.05, 3.63) is 11.9 Å². The lowest BCUT2D eigenvalue weighted by Gasteiger charge is -2.36. The molecule has 0 bridgehead atoms. The molecule has 2 N–H and O–H groups in total. The van der Waals surface area contributed by atoms with Gasteiger partial charge in [-0.25, -0.2) is 4.68 Å². The van der Waals surface area contributed by atoms with Gasteiger partial charge in [0, 0.05) is 19.1 Å². The number of amides is 1. The Bertz CT molecular complexity index is 416. The van der Waals surface area contributed by atoms with Crippen LogP contribution in [0.25, 0.3) is 0 Å². The fourth-order valence-corrected chi connectivity index (χ4v) is 2.52. The van der Waals surface area contributed by atoms with Crippen molar-refractivity contribution in [2.24, 2.45) is 11.7 Å². The van der Waals surface area contributed by atoms with Crippen LogP contribution in [0.3, 0.4) is 0 Å². The molecule has 1 aromatic rings. The number of nitrogens with zero attached hydrogens (tertiary/aromatic N) is 4. The molecule has 100 valence electrons. The Labute approximate surface area is 107 Å². The van der Waals surface area contributed by atoms with Crippen LogP contribution in [0.5, 0.6) is 0 Å². The molecule has 1 fully saturated rings. The van der Waals surface area contributed by atoms with Gasteiger partial charge in [-0.3, -0.25) is 4.79 Å². The molecule has 1 aliphatic heterocycles. The highest BCUT2D eigenvalue weighted by Crippen LogP contribution is 2.22. The molecule has 1 amide bonds. The average molecular weight is 251 g/mol. The van der Waals surface area contributed by atoms with Gasteiger partial charge in [-0.05, 0) is 25.7 Å². The van der Waals surface area contributed by atoms with Crippen molar-refractivity contribution in [2.45, 2.75) is 45.8 Å². The zero-order valence-corrected chi connectivity index (χ0v) is 11.0. The van der Waals surface area contributed by atoms with Gasteiger partial charge in [-0.2, -0.15) is 0 Å². The van der Waals surface area contributed by atoms with Crippen molar-refractivity contribution in [3.8, 4) is 0 Å². The fourth-order valence-electron chi connectivity index (χ4n) is 2.52. The van der Waals surface area contributed by atoms with E-state index in [9.17, 15) is 4.79 Å². The first-order chi connectivity index (χ1) is 8.60. The van der Waals surface area contributed by atoms with Crippen LogP contribution in [-0.4, -0.2) is 38.4 Å². The van der Waals surface area contributed by atoms with Crippen molar-refractivity contribution < 1.29 is 4.79 Å². The molecule has 0 saturated carbocycles. The second kappa shape index (κ2) is 5.48. The molecular formula is C12H21N5O. The zero-order chi connectivity index (χ0) is 13.1. The molecular weight excluding hydrogens is 230 g/mol. The second-order valence-electron chi connectivity index (χ2n) is 5.18. The summed E-state index contributed by atoms with van der Waals surface area (Å²) in [5, 5.41) is 7.78. The summed E-state index contributed by atoms with van der Waals surface area (Å²) in [5.74, 6) is 0.821. The van der Waals surface area contributed by atoms with Crippen LogP contribution in [0.15, 0.2) is 6.20 Å². The fraction of sp³-hybridized carbons (Fsp3) is 0.750. The average Bonchev–Trinajstić information content (AvgIpc) is 2.76. The zero-order valence-electron chi connectivity index (χ0n) is 11.0. The van der Waals surface area contributed by atoms with Crippen LogP contribution in [0.2, 0.25) is 0 Å². The van der Waals surface area contributed by atoms with Crippen molar-refractivity contribution in [1.82, 2.24) is 19.9 Å². The Morgan fingerprint density at radius 2 is 2.33 bits per heavy atom. The smallest absolute Gasteiger partial charge is 0.244 e. The molecule has 1 aromatic heterocycles. The van der Waals surface area contributed by atoms with Gasteiger partial charge in [0.25, 0.3) is 0 Å². The van der Waals surface area contributed by atoms with Gasteiger partial charge in [0.2, 0.25) is 5.91 Å². The number of hydrogen-bond acceptors (Lipinski definition) is 4. The van der Waals surface area contributed by atoms with Crippen LogP contribution < -0.4 is 5.73 Å². The van der Waals surface area contributed by atoms with E-state index in [1.54, 1.807) is 10.9 Å². The van der Waals surface area contributed by atoms with Gasteiger partial charge in [-0.15, -0.1) is 5.10 Å². The summed E-state index contributed by atoms with van der Waals surface area (Å²) in [6, 6.07) is 0.318. The largest absolute Gasteiger partial charge is 0.338 e. The van der Waals surface area contributed by atoms with Gasteiger partial charge in [-0.1, -0.05) is 12.1 Å². The van der Waals surface area contributed by atoms with E-state index >= 15 is 0 Å². The highest BCUT2D eigenvalue weighted by atomic mass is 16.2. The minimum atomic E-state index is 0.114. The van der Waals surface area contributed by atoms with E-state index in [4.69, 9.17) is 5.73 Å². The molecule has 2 unspecified atom stereocenters. The number of likely N-dealkylation sites (tertiary alicyclic amines) is 1. The van der Waals surface area contributed by atoms with E-state index in [1.807, 2.05) is 4.90 Å². The van der Waals surface area contributed by atoms with Crippen LogP contribution >= 0.6 is 0 Å². The Hall–Kier alpha value is -1.43. The summed E-state index contributed by atoms with van der Waals surface area (Å²) in [4.78, 5) is 14.1. The summed E-state index contributed by atoms with van der Waals surface area (Å²) in [6.45, 7) is 5.81. The number of carbonyl (C=O) groups excluding carboxylic acids is 1. The normalized spacial score (nSPS) is 24.3. The van der Waals surface area contributed by atoms with Crippen molar-refractivity contribution in [1.29, 1.82) is 0 Å². The molecule has 0 aromatic carbocycles. The summed E-state index contributed by atoms with van der Waals surface area (Å²) in [5.41, 5.74) is 6.17. The molecule has 2 heterocycles. The van der Waals surface area contributed by atoms with Gasteiger partial charge in [0.1, 0.15) is 6.54 Å². The topological polar surface area (TPSA) is 77.0 Å². The summed E-state index contributed by atoms with van der Waals surface area (Å²) in [7, 11) is 0. The summed E-state index contributed by atoms with van der Waals surface area (Å²) < 4.78 is 1.56. The molecule has 0 radical (unpaired) electrons. The highest BCUT2D eigenvalue weighted by molar-refractivity contribution is 5.76. The summed E-state index contributed by atoms with van der Waals surface area (Å²) >= 11 is 0. The monoisotopic (exact) mass is 251 g/mol. The predicted octanol–water partition coefficient (Wildman–Crippen LogP) is 0.384. The van der Waals surface area contributed by atoms with E-state index in [-0.39, 0.29) is 12.5 Å². The number of nitrogens with two attached hydrogens (primary N) is 1. The van der Waals surface area contributed by atoms with Crippen molar-refractivity contribution >= 4 is 5.91 Å². The summed E-state index contributed by atoms with van der Waals surface area (Å²) in [6.07, 6.45) is 3.90. The molecule has 6 nitrogen and oxygen atoms in total. The molecule has 0 aliphatic carbocycles. The highest BCUT2D eigenvalue weighted by Gasteiger charge is 2.26. The third kappa shape index (κ3) is 2.87. The molecule has 1 aliphatic rings. The SMILES string of the molecule is CC1CCN(C(=O)Cn2cc(CN)nn2)C(C)C1. The van der Waals surface area contributed by atoms with Crippen LogP contribution in [0.1, 0.15) is 32.4 Å². The second-order valence-corrected chi connectivity index (χ2v) is 5.18. The minimum absolute atomic E-state index is 0.114. The molecule has 1 saturated heterocycles. The van der Waals surface area contributed by atoms with Gasteiger partial charge >= 0.3 is 0 Å². The maximum absolute atomic E-state index is 12.2. The quantitative estimate of drug-likeness (QED) is 0.842. The molecule has 6 heteroatoms. The Balaban J connectivity index is 1.95. The van der Waals surface area contributed by atoms with Crippen molar-refractivity contribution in [2.75, 3.05) is 6.54 Å². The lowest BCUT2D eigenvalue weighted by atomic mass is 9.93. The molecule has 0 spiro atoms. The van der Waals surface area contributed by atoms with E-state index in [1.165, 1.54) is 0 Å². The van der Waals surface area contributed by atoms with E-state index in [0.29, 0.717) is 24.2 Å². The van der Waals surface area contributed by atoms with Crippen LogP contribution in [0.4, 0.5) is 0 Å². The first-order valence-electron chi connectivity index (χ1n) is 6.48. The first-order valence-corrected chi connectivity index (χ1v) is 6.48. The van der Waals surface area contributed by atoms with Gasteiger partial charge in [0.05, 0.1) is 11.9 Å². The van der Waals surface area contributed by atoms with E-state index < -0.39 is 0 Å². The van der Waals surface area contributed by atoms with Crippen LogP contribution in [-0.2, 0) is 17.9 Å². The number of rotatable bonds is 3. The lowest BCUT2D eigenvalue weighted by molar-refractivity contribution is -0.135. The number of hydrogen-bond donors (Lipinski definition) is 1. The standard InChI is InChI=1S/C12H21N5O/c1-9-3-4-17(10(2)5-9)12(18)8-16-7-11(6-13)14-15-16/h7,9-10H,3-6,8,13H2,1-2H3. The molecule has 2 rings (SSSR count). The Kier molecular flexibility index (Phi) is 3.96. The number of carbonyl (C=O) groups is 1. The predicted molar refractivity (Wildman–Crippen MR) is 67.5 cm³/mol. The van der Waals surface area contributed by atoms with Crippen LogP contribution in [0, 0.1) is 5.92 Å². The Morgan fingerprint density at radius 1 is 1.56 bits per heavy atom. The molecule has 2 atom stereocenters. The first kappa shape index (κ1) is 13.0. The maximum Gasteiger partial charge on any atom is 0.244 e. The van der Waals surface area contributed by atoms with Gasteiger partial charge < -0.3 is 10.6 Å². The van der Waals surface area contributed by atoms with E-state index in [2.05, 4.69) is 24.2 Å². The minimum Gasteiger partial charge on any atom is -0.338 e. The number of aromatic nitrogens is 3. The molecule has 18 heavy (non-hydrogen) atoms.